The van der Waals surface area contributed by atoms with Crippen LogP contribution >= 0.6 is 0 Å². The van der Waals surface area contributed by atoms with E-state index in [-0.39, 0.29) is 33.5 Å². The summed E-state index contributed by atoms with van der Waals surface area (Å²) in [6.07, 6.45) is -4.80. The average molecular weight is 855 g/mol. The smallest absolute Gasteiger partial charge is 0.308 e. The number of halogens is 3. The Morgan fingerprint density at radius 2 is 0.879 bits per heavy atom. The zero-order valence-corrected chi connectivity index (χ0v) is 34.1. The van der Waals surface area contributed by atoms with Gasteiger partial charge in [0.15, 0.2) is 0 Å². The van der Waals surface area contributed by atoms with Gasteiger partial charge in [0.2, 0.25) is 0 Å². The maximum absolute atomic E-state index is 14.6. The van der Waals surface area contributed by atoms with Gasteiger partial charge in [-0.15, -0.1) is 0 Å². The highest BCUT2D eigenvalue weighted by molar-refractivity contribution is 6.13. The molecule has 66 heavy (non-hydrogen) atoms. The van der Waals surface area contributed by atoms with E-state index in [0.29, 0.717) is 61.2 Å². The molecule has 2 aromatic heterocycles. The van der Waals surface area contributed by atoms with E-state index in [1.54, 1.807) is 36.4 Å². The predicted molar refractivity (Wildman–Crippen MR) is 245 cm³/mol. The molecule has 0 saturated heterocycles. The summed E-state index contributed by atoms with van der Waals surface area (Å²) in [7, 11) is 0. The van der Waals surface area contributed by atoms with Crippen LogP contribution < -0.4 is 0 Å². The minimum atomic E-state index is -4.80. The van der Waals surface area contributed by atoms with E-state index in [1.165, 1.54) is 18.2 Å². The number of benzene rings is 8. The Kier molecular flexibility index (Phi) is 9.41. The van der Waals surface area contributed by atoms with Crippen LogP contribution in [0.2, 0.25) is 0 Å². The molecule has 10 aromatic rings. The molecule has 8 nitrogen and oxygen atoms in total. The highest BCUT2D eigenvalue weighted by atomic mass is 19.4. The van der Waals surface area contributed by atoms with Crippen molar-refractivity contribution in [2.75, 3.05) is 0 Å². The van der Waals surface area contributed by atoms with E-state index in [9.17, 15) is 44.7 Å². The largest absolute Gasteiger partial charge is 0.416 e. The van der Waals surface area contributed by atoms with Gasteiger partial charge in [-0.05, 0) is 101 Å². The number of hydrogen-bond donors (Lipinski definition) is 0. The third-order valence-corrected chi connectivity index (χ3v) is 11.9. The van der Waals surface area contributed by atoms with Crippen molar-refractivity contribution in [1.29, 1.82) is 31.6 Å². The number of rotatable bonds is 5. The molecule has 0 spiro atoms. The third kappa shape index (κ3) is 6.34. The molecular formula is C55H25F3N8. The first-order valence-corrected chi connectivity index (χ1v) is 20.2. The SMILES string of the molecule is N#Cc1cc(-c2ccc(-n3c4ccccc4c4ccc(-c5ccc(C#N)cc5C#N)cc43)c(C#N)c2-n2c3ccccc3c3ccc(-c4ccc(C#N)cc4C#N)cc32)cc(C(F)(F)F)c1. The lowest BCUT2D eigenvalue weighted by Crippen LogP contribution is -2.08. The zero-order valence-electron chi connectivity index (χ0n) is 34.1. The van der Waals surface area contributed by atoms with Crippen molar-refractivity contribution < 1.29 is 13.2 Å². The number of para-hydroxylation sites is 2. The third-order valence-electron chi connectivity index (χ3n) is 11.9. The lowest BCUT2D eigenvalue weighted by atomic mass is 9.94. The van der Waals surface area contributed by atoms with Gasteiger partial charge in [-0.25, -0.2) is 0 Å². The van der Waals surface area contributed by atoms with Crippen molar-refractivity contribution >= 4 is 43.6 Å². The number of alkyl halides is 3. The molecule has 11 heteroatoms. The quantitative estimate of drug-likeness (QED) is 0.168. The van der Waals surface area contributed by atoms with Crippen molar-refractivity contribution in [2.45, 2.75) is 6.18 Å². The average Bonchev–Trinajstić information content (AvgIpc) is 3.86. The molecule has 0 saturated carbocycles. The maximum Gasteiger partial charge on any atom is 0.416 e. The van der Waals surface area contributed by atoms with E-state index < -0.39 is 11.7 Å². The molecule has 0 radical (unpaired) electrons. The van der Waals surface area contributed by atoms with Gasteiger partial charge in [-0.2, -0.15) is 44.7 Å². The number of nitriles is 6. The summed E-state index contributed by atoms with van der Waals surface area (Å²) >= 11 is 0. The van der Waals surface area contributed by atoms with Crippen LogP contribution in [0.3, 0.4) is 0 Å². The number of fused-ring (bicyclic) bond motifs is 6. The van der Waals surface area contributed by atoms with E-state index in [2.05, 4.69) is 30.3 Å². The molecule has 0 bridgehead atoms. The number of hydrogen-bond acceptors (Lipinski definition) is 6. The fraction of sp³-hybridized carbons (Fsp3) is 0.0182. The van der Waals surface area contributed by atoms with Crippen molar-refractivity contribution in [3.8, 4) is 81.2 Å². The van der Waals surface area contributed by atoms with Crippen molar-refractivity contribution in [3.63, 3.8) is 0 Å². The van der Waals surface area contributed by atoms with Gasteiger partial charge in [-0.3, -0.25) is 0 Å². The molecule has 0 amide bonds. The highest BCUT2D eigenvalue weighted by Crippen LogP contribution is 2.44. The topological polar surface area (TPSA) is 153 Å². The van der Waals surface area contributed by atoms with Crippen LogP contribution in [0.25, 0.3) is 88.4 Å². The van der Waals surface area contributed by atoms with Crippen LogP contribution in [-0.4, -0.2) is 9.13 Å². The number of aromatic nitrogens is 2. The fourth-order valence-corrected chi connectivity index (χ4v) is 9.05. The number of nitrogens with zero attached hydrogens (tertiary/aromatic N) is 8. The molecule has 0 aliphatic carbocycles. The second-order valence-corrected chi connectivity index (χ2v) is 15.5. The van der Waals surface area contributed by atoms with E-state index in [1.807, 2.05) is 100 Å². The summed E-state index contributed by atoms with van der Waals surface area (Å²) in [5.41, 5.74) is 5.96. The Balaban J connectivity index is 1.35. The van der Waals surface area contributed by atoms with Gasteiger partial charge in [0.05, 0.1) is 97.2 Å². The molecule has 8 aromatic carbocycles. The maximum atomic E-state index is 14.6. The van der Waals surface area contributed by atoms with E-state index in [0.717, 1.165) is 39.2 Å². The standard InChI is InChI=1S/C55H25F3N8/c56-55(57,58)40-22-34(28-61)21-37(23-40)43-17-18-51(65-49-7-3-1-5-44(49)46-15-11-35(24-52(46)65)41-13-9-32(26-59)19-38(41)29-62)48(31-64)54(43)66-50-8-4-2-6-45(50)47-16-12-36(25-53(47)66)42-14-10-33(27-60)20-39(42)30-63/h1-25H. The molecule has 2 heterocycles. The van der Waals surface area contributed by atoms with Crippen molar-refractivity contribution in [1.82, 2.24) is 9.13 Å². The molecular weight excluding hydrogens is 830 g/mol. The molecule has 0 fully saturated rings. The van der Waals surface area contributed by atoms with Gasteiger partial charge in [0, 0.05) is 27.1 Å². The Morgan fingerprint density at radius 3 is 1.39 bits per heavy atom. The van der Waals surface area contributed by atoms with Gasteiger partial charge in [0.1, 0.15) is 11.6 Å². The van der Waals surface area contributed by atoms with Gasteiger partial charge >= 0.3 is 6.18 Å². The van der Waals surface area contributed by atoms with Gasteiger partial charge in [-0.1, -0.05) is 78.9 Å². The van der Waals surface area contributed by atoms with Crippen molar-refractivity contribution in [2.24, 2.45) is 0 Å². The molecule has 306 valence electrons. The van der Waals surface area contributed by atoms with Crippen LogP contribution in [0.4, 0.5) is 13.2 Å². The summed E-state index contributed by atoms with van der Waals surface area (Å²) in [4.78, 5) is 0. The molecule has 0 unspecified atom stereocenters. The Morgan fingerprint density at radius 1 is 0.379 bits per heavy atom. The Hall–Kier alpha value is -9.91. The first-order chi connectivity index (χ1) is 32.1. The van der Waals surface area contributed by atoms with E-state index >= 15 is 0 Å². The summed E-state index contributed by atoms with van der Waals surface area (Å²) < 4.78 is 47.6. The molecule has 0 aliphatic heterocycles. The zero-order chi connectivity index (χ0) is 45.9. The fourth-order valence-electron chi connectivity index (χ4n) is 9.05. The molecule has 10 rings (SSSR count). The van der Waals surface area contributed by atoms with Crippen LogP contribution in [0.5, 0.6) is 0 Å². The molecule has 0 N–H and O–H groups in total. The normalized spacial score (nSPS) is 11.2. The summed E-state index contributed by atoms with van der Waals surface area (Å²) in [5.74, 6) is 0. The Bertz CT molecular complexity index is 4020. The minimum absolute atomic E-state index is 0.0507. The molecule has 0 atom stereocenters. The van der Waals surface area contributed by atoms with Gasteiger partial charge in [0.25, 0.3) is 0 Å². The Labute approximate surface area is 374 Å². The lowest BCUT2D eigenvalue weighted by molar-refractivity contribution is -0.137. The van der Waals surface area contributed by atoms with Crippen LogP contribution in [-0.2, 0) is 6.18 Å². The summed E-state index contributed by atoms with van der Waals surface area (Å²) in [5, 5.41) is 64.3. The van der Waals surface area contributed by atoms with Crippen LogP contribution in [0.15, 0.2) is 152 Å². The summed E-state index contributed by atoms with van der Waals surface area (Å²) in [6, 6.07) is 55.6. The summed E-state index contributed by atoms with van der Waals surface area (Å²) in [6.45, 7) is 0. The highest BCUT2D eigenvalue weighted by Gasteiger charge is 2.32. The van der Waals surface area contributed by atoms with Crippen LogP contribution in [0.1, 0.15) is 38.9 Å². The van der Waals surface area contributed by atoms with Crippen molar-refractivity contribution in [3.05, 3.63) is 191 Å². The first kappa shape index (κ1) is 40.2. The predicted octanol–water partition coefficient (Wildman–Crippen LogP) is 13.1. The monoisotopic (exact) mass is 854 g/mol. The van der Waals surface area contributed by atoms with Crippen LogP contribution in [0, 0.1) is 68.0 Å². The first-order valence-electron chi connectivity index (χ1n) is 20.2. The van der Waals surface area contributed by atoms with Gasteiger partial charge < -0.3 is 9.13 Å². The second-order valence-electron chi connectivity index (χ2n) is 15.5. The minimum Gasteiger partial charge on any atom is -0.308 e. The molecule has 0 aliphatic rings. The lowest BCUT2D eigenvalue weighted by Gasteiger charge is -2.21. The van der Waals surface area contributed by atoms with E-state index in [4.69, 9.17) is 0 Å². The second kappa shape index (κ2) is 15.5.